The summed E-state index contributed by atoms with van der Waals surface area (Å²) in [6, 6.07) is 24.4. The molecule has 1 aromatic heterocycles. The lowest BCUT2D eigenvalue weighted by atomic mass is 10.1. The number of likely N-dealkylation sites (N-methyl/N-ethyl adjacent to an activating group) is 1. The van der Waals surface area contributed by atoms with Gasteiger partial charge in [-0.05, 0) is 56.9 Å². The standard InChI is InChI=1S/C42H58FN7O6P/c1-4-50(42(56-57-51,53-30-32-19-11-9-12-20-32)54-31-33-21-13-10-14-22-33)28-18-25-35(50)29-44-39-46-40(45-34-23-15-7-8-16-24-34)48-41(47-39)49(55-6-3)37-27-17-26-36(43)38(37)52-5-2/h9-14,17,19-22,26-27,34-35H,4-8,15-16,18,23-25,28-31,57H2,1-3H3,(H2,44,45,46,47,48)/q+1. The van der Waals surface area contributed by atoms with Gasteiger partial charge in [0.05, 0.1) is 46.1 Å². The van der Waals surface area contributed by atoms with E-state index < -0.39 is 20.6 Å². The summed E-state index contributed by atoms with van der Waals surface area (Å²) in [7, 11) is -1.70. The third-order valence-corrected chi connectivity index (χ3v) is 11.2. The molecule has 1 saturated carbocycles. The third kappa shape index (κ3) is 10.5. The summed E-state index contributed by atoms with van der Waals surface area (Å²) in [4.78, 5) is 20.7. The minimum atomic E-state index is -1.70. The maximum atomic E-state index is 15.2. The van der Waals surface area contributed by atoms with Crippen LogP contribution in [-0.4, -0.2) is 70.5 Å². The zero-order chi connectivity index (χ0) is 39.9. The number of halogens is 1. The first kappa shape index (κ1) is 42.4. The molecule has 0 amide bonds. The second-order valence-corrected chi connectivity index (χ2v) is 14.8. The average Bonchev–Trinajstić information content (AvgIpc) is 3.50. The van der Waals surface area contributed by atoms with E-state index in [0.717, 1.165) is 49.7 Å². The van der Waals surface area contributed by atoms with Crippen molar-refractivity contribution in [3.05, 3.63) is 95.8 Å². The van der Waals surface area contributed by atoms with Gasteiger partial charge in [-0.15, -0.1) is 0 Å². The minimum Gasteiger partial charge on any atom is -0.489 e. The number of quaternary nitrogens is 1. The third-order valence-electron chi connectivity index (χ3n) is 10.8. The molecule has 57 heavy (non-hydrogen) atoms. The van der Waals surface area contributed by atoms with E-state index in [1.165, 1.54) is 24.0 Å². The molecule has 15 heteroatoms. The van der Waals surface area contributed by atoms with E-state index in [0.29, 0.717) is 37.2 Å². The number of nitrogens with one attached hydrogen (secondary N) is 2. The number of benzene rings is 3. The summed E-state index contributed by atoms with van der Waals surface area (Å²) in [6.07, 6.45) is 6.66. The lowest BCUT2D eigenvalue weighted by Gasteiger charge is -2.49. The first-order chi connectivity index (χ1) is 27.9. The molecule has 308 valence electrons. The van der Waals surface area contributed by atoms with Gasteiger partial charge in [0, 0.05) is 18.9 Å². The Labute approximate surface area is 337 Å². The van der Waals surface area contributed by atoms with Gasteiger partial charge >= 0.3 is 6.10 Å². The van der Waals surface area contributed by atoms with E-state index in [1.54, 1.807) is 19.1 Å². The molecule has 13 nitrogen and oxygen atoms in total. The van der Waals surface area contributed by atoms with Crippen LogP contribution in [0, 0.1) is 5.82 Å². The molecule has 1 aliphatic heterocycles. The van der Waals surface area contributed by atoms with Gasteiger partial charge in [0.1, 0.15) is 11.7 Å². The van der Waals surface area contributed by atoms with Gasteiger partial charge in [0.2, 0.25) is 11.9 Å². The highest BCUT2D eigenvalue weighted by Gasteiger charge is 2.61. The number of likely N-dealkylation sites (tertiary alicyclic amines) is 1. The Morgan fingerprint density at radius 1 is 0.807 bits per heavy atom. The molecule has 4 aromatic rings. The van der Waals surface area contributed by atoms with Crippen LogP contribution < -0.4 is 20.4 Å². The summed E-state index contributed by atoms with van der Waals surface area (Å²) in [6.45, 7) is 8.28. The van der Waals surface area contributed by atoms with Gasteiger partial charge in [-0.2, -0.15) is 20.0 Å². The van der Waals surface area contributed by atoms with E-state index >= 15 is 4.39 Å². The highest BCUT2D eigenvalue weighted by Crippen LogP contribution is 2.43. The van der Waals surface area contributed by atoms with Crippen molar-refractivity contribution in [2.45, 2.75) is 104 Å². The van der Waals surface area contributed by atoms with Gasteiger partial charge < -0.3 is 15.4 Å². The normalized spacial score (nSPS) is 19.1. The van der Waals surface area contributed by atoms with Crippen molar-refractivity contribution in [3.63, 3.8) is 0 Å². The smallest absolute Gasteiger partial charge is 0.455 e. The summed E-state index contributed by atoms with van der Waals surface area (Å²) < 4.78 is 53.5. The summed E-state index contributed by atoms with van der Waals surface area (Å²) >= 11 is 0. The number of aromatic nitrogens is 3. The Morgan fingerprint density at radius 3 is 2.09 bits per heavy atom. The molecule has 3 aromatic carbocycles. The van der Waals surface area contributed by atoms with Crippen LogP contribution in [0.3, 0.4) is 0 Å². The zero-order valence-electron chi connectivity index (χ0n) is 33.4. The number of nitrogens with zero attached hydrogens (tertiary/aromatic N) is 5. The molecule has 3 atom stereocenters. The van der Waals surface area contributed by atoms with E-state index in [9.17, 15) is 4.57 Å². The fourth-order valence-corrected chi connectivity index (χ4v) is 8.51. The van der Waals surface area contributed by atoms with E-state index in [4.69, 9.17) is 38.5 Å². The van der Waals surface area contributed by atoms with Gasteiger partial charge in [-0.1, -0.05) is 92.4 Å². The highest BCUT2D eigenvalue weighted by atomic mass is 31.1. The quantitative estimate of drug-likeness (QED) is 0.0275. The van der Waals surface area contributed by atoms with Gasteiger partial charge in [-0.3, -0.25) is 18.9 Å². The molecule has 1 aliphatic carbocycles. The SMILES string of the molecule is CCOc1c(F)cccc1N(OCC)c1nc(NCC2CCC[N+]2(CC)C(OCc2ccccc2)(OCc2ccccc2)O[PH2]=O)nc(NC2CCCCCC2)n1. The van der Waals surface area contributed by atoms with Crippen LogP contribution in [-0.2, 0) is 36.6 Å². The van der Waals surface area contributed by atoms with Crippen LogP contribution in [0.25, 0.3) is 0 Å². The molecule has 0 radical (unpaired) electrons. The van der Waals surface area contributed by atoms with Crippen molar-refractivity contribution in [3.8, 4) is 5.75 Å². The minimum absolute atomic E-state index is 0.0421. The van der Waals surface area contributed by atoms with Crippen molar-refractivity contribution < 1.29 is 37.0 Å². The van der Waals surface area contributed by atoms with Crippen LogP contribution in [0.2, 0.25) is 0 Å². The Hall–Kier alpha value is -4.17. The van der Waals surface area contributed by atoms with Gasteiger partial charge in [0.25, 0.3) is 5.95 Å². The molecule has 2 aliphatic rings. The Morgan fingerprint density at radius 2 is 1.47 bits per heavy atom. The van der Waals surface area contributed by atoms with Crippen LogP contribution in [0.5, 0.6) is 5.75 Å². The fraction of sp³-hybridized carbons (Fsp3) is 0.500. The van der Waals surface area contributed by atoms with Crippen LogP contribution in [0.4, 0.5) is 27.9 Å². The number of hydrogen-bond acceptors (Lipinski definition) is 12. The van der Waals surface area contributed by atoms with Crippen LogP contribution in [0.1, 0.15) is 83.3 Å². The first-order valence-electron chi connectivity index (χ1n) is 20.4. The van der Waals surface area contributed by atoms with Gasteiger partial charge in [-0.25, -0.2) is 13.4 Å². The molecule has 1 saturated heterocycles. The van der Waals surface area contributed by atoms with Crippen LogP contribution >= 0.6 is 8.69 Å². The molecule has 6 rings (SSSR count). The largest absolute Gasteiger partial charge is 0.489 e. The maximum absolute atomic E-state index is 15.2. The average molecular weight is 807 g/mol. The van der Waals surface area contributed by atoms with Crippen molar-refractivity contribution in [1.29, 1.82) is 0 Å². The number of para-hydroxylation sites is 1. The first-order valence-corrected chi connectivity index (χ1v) is 21.3. The Kier molecular flexibility index (Phi) is 15.6. The summed E-state index contributed by atoms with van der Waals surface area (Å²) in [5.41, 5.74) is 2.21. The second kappa shape index (κ2) is 21.0. The molecule has 0 bridgehead atoms. The summed E-state index contributed by atoms with van der Waals surface area (Å²) in [5, 5.41) is 8.51. The molecule has 2 heterocycles. The lowest BCUT2D eigenvalue weighted by molar-refractivity contribution is -1.06. The molecule has 2 fully saturated rings. The van der Waals surface area contributed by atoms with Crippen molar-refractivity contribution in [2.24, 2.45) is 0 Å². The number of anilines is 4. The van der Waals surface area contributed by atoms with E-state index in [2.05, 4.69) is 17.6 Å². The molecule has 3 unspecified atom stereocenters. The Bertz CT molecular complexity index is 1800. The molecular weight excluding hydrogens is 748 g/mol. The maximum Gasteiger partial charge on any atom is 0.455 e. The topological polar surface area (TPSA) is 129 Å². The monoisotopic (exact) mass is 806 g/mol. The van der Waals surface area contributed by atoms with E-state index in [-0.39, 0.29) is 54.7 Å². The van der Waals surface area contributed by atoms with E-state index in [1.807, 2.05) is 67.6 Å². The van der Waals surface area contributed by atoms with Gasteiger partial charge in [0.15, 0.2) is 20.3 Å². The highest BCUT2D eigenvalue weighted by molar-refractivity contribution is 7.17. The lowest BCUT2D eigenvalue weighted by Crippen LogP contribution is -2.70. The van der Waals surface area contributed by atoms with Crippen LogP contribution in [0.15, 0.2) is 78.9 Å². The molecular formula is C42H58FN7O6P+. The fourth-order valence-electron chi connectivity index (χ4n) is 8.04. The number of ether oxygens (including phenoxy) is 3. The molecule has 0 spiro atoms. The second-order valence-electron chi connectivity index (χ2n) is 14.4. The zero-order valence-corrected chi connectivity index (χ0v) is 34.6. The predicted octanol–water partition coefficient (Wildman–Crippen LogP) is 8.78. The van der Waals surface area contributed by atoms with Crippen molar-refractivity contribution in [2.75, 3.05) is 48.5 Å². The Balaban J connectivity index is 1.35. The van der Waals surface area contributed by atoms with Crippen molar-refractivity contribution >= 4 is 32.2 Å². The molecule has 2 N–H and O–H groups in total. The number of rotatable bonds is 21. The number of hydrogen-bond donors (Lipinski definition) is 2. The predicted molar refractivity (Wildman–Crippen MR) is 220 cm³/mol. The summed E-state index contributed by atoms with van der Waals surface area (Å²) in [5.74, 6) is 0.395. The van der Waals surface area contributed by atoms with Crippen molar-refractivity contribution in [1.82, 2.24) is 15.0 Å².